The smallest absolute Gasteiger partial charge is 0.318 e. The monoisotopic (exact) mass is 305 g/mol. The van der Waals surface area contributed by atoms with Crippen molar-refractivity contribution in [3.63, 3.8) is 0 Å². The highest BCUT2D eigenvalue weighted by molar-refractivity contribution is 7.98. The number of aryl methyl sites for hydroxylation is 2. The maximum Gasteiger partial charge on any atom is 0.318 e. The second-order valence-corrected chi connectivity index (χ2v) is 6.10. The number of nitrogens with zero attached hydrogens (tertiary/aromatic N) is 3. The summed E-state index contributed by atoms with van der Waals surface area (Å²) in [5, 5.41) is 8.87. The summed E-state index contributed by atoms with van der Waals surface area (Å²) in [4.78, 5) is 2.07. The predicted molar refractivity (Wildman–Crippen MR) is 82.8 cm³/mol. The van der Waals surface area contributed by atoms with E-state index in [1.54, 1.807) is 11.8 Å². The number of thioether (sulfide) groups is 1. The van der Waals surface area contributed by atoms with E-state index in [9.17, 15) is 0 Å². The van der Waals surface area contributed by atoms with Crippen LogP contribution in [0.25, 0.3) is 0 Å². The zero-order chi connectivity index (χ0) is 14.7. The minimum atomic E-state index is 0.599. The molecule has 0 N–H and O–H groups in total. The van der Waals surface area contributed by atoms with E-state index in [-0.39, 0.29) is 0 Å². The first-order valence-electron chi connectivity index (χ1n) is 7.07. The Kier molecular flexibility index (Phi) is 4.45. The van der Waals surface area contributed by atoms with Gasteiger partial charge in [0.05, 0.1) is 13.2 Å². The molecule has 0 aliphatic carbocycles. The minimum Gasteiger partial charge on any atom is -0.398 e. The molecule has 0 bridgehead atoms. The summed E-state index contributed by atoms with van der Waals surface area (Å²) in [6.45, 7) is 7.28. The number of hydrogen-bond acceptors (Lipinski definition) is 6. The Morgan fingerprint density at radius 1 is 1.19 bits per heavy atom. The van der Waals surface area contributed by atoms with Gasteiger partial charge >= 0.3 is 6.01 Å². The minimum absolute atomic E-state index is 0.599. The third-order valence-corrected chi connectivity index (χ3v) is 4.40. The van der Waals surface area contributed by atoms with Crippen molar-refractivity contribution in [2.75, 3.05) is 31.2 Å². The second kappa shape index (κ2) is 6.49. The molecule has 0 atom stereocenters. The van der Waals surface area contributed by atoms with Crippen LogP contribution in [0.4, 0.5) is 6.01 Å². The zero-order valence-corrected chi connectivity index (χ0v) is 13.2. The first-order chi connectivity index (χ1) is 10.2. The van der Waals surface area contributed by atoms with Crippen LogP contribution >= 0.6 is 11.8 Å². The van der Waals surface area contributed by atoms with Crippen LogP contribution in [0.1, 0.15) is 16.7 Å². The summed E-state index contributed by atoms with van der Waals surface area (Å²) in [5.41, 5.74) is 3.88. The topological polar surface area (TPSA) is 51.4 Å². The van der Waals surface area contributed by atoms with Crippen LogP contribution in [-0.4, -0.2) is 36.5 Å². The van der Waals surface area contributed by atoms with Crippen LogP contribution in [0, 0.1) is 13.8 Å². The fourth-order valence-electron chi connectivity index (χ4n) is 2.24. The zero-order valence-electron chi connectivity index (χ0n) is 12.3. The summed E-state index contributed by atoms with van der Waals surface area (Å²) >= 11 is 1.58. The first kappa shape index (κ1) is 14.4. The summed E-state index contributed by atoms with van der Waals surface area (Å²) in [5.74, 6) is 0.845. The van der Waals surface area contributed by atoms with Crippen molar-refractivity contribution in [1.29, 1.82) is 0 Å². The lowest BCUT2D eigenvalue weighted by Crippen LogP contribution is -2.36. The fourth-order valence-corrected chi connectivity index (χ4v) is 3.06. The van der Waals surface area contributed by atoms with Gasteiger partial charge in [-0.15, -0.1) is 0 Å². The highest BCUT2D eigenvalue weighted by Crippen LogP contribution is 2.26. The van der Waals surface area contributed by atoms with Gasteiger partial charge in [0.15, 0.2) is 0 Å². The molecule has 2 aromatic rings. The third kappa shape index (κ3) is 3.57. The molecule has 0 amide bonds. The molecule has 5 nitrogen and oxygen atoms in total. The molecule has 3 rings (SSSR count). The van der Waals surface area contributed by atoms with Crippen LogP contribution in [-0.2, 0) is 10.5 Å². The third-order valence-electron chi connectivity index (χ3n) is 3.53. The maximum absolute atomic E-state index is 5.73. The molecule has 1 fully saturated rings. The molecule has 0 saturated carbocycles. The average Bonchev–Trinajstić information content (AvgIpc) is 2.98. The first-order valence-corrected chi connectivity index (χ1v) is 8.06. The van der Waals surface area contributed by atoms with Crippen molar-refractivity contribution in [3.05, 3.63) is 34.9 Å². The van der Waals surface area contributed by atoms with Gasteiger partial charge in [-0.3, -0.25) is 0 Å². The van der Waals surface area contributed by atoms with Gasteiger partial charge in [-0.05, 0) is 25.0 Å². The van der Waals surface area contributed by atoms with Crippen LogP contribution in [0.2, 0.25) is 0 Å². The summed E-state index contributed by atoms with van der Waals surface area (Å²) < 4.78 is 11.0. The molecule has 0 radical (unpaired) electrons. The molecule has 1 aliphatic heterocycles. The number of aromatic nitrogens is 2. The largest absolute Gasteiger partial charge is 0.398 e. The molecule has 21 heavy (non-hydrogen) atoms. The van der Waals surface area contributed by atoms with Gasteiger partial charge in [0.25, 0.3) is 5.22 Å². The Hall–Kier alpha value is -1.53. The van der Waals surface area contributed by atoms with E-state index >= 15 is 0 Å². The van der Waals surface area contributed by atoms with Crippen molar-refractivity contribution in [2.45, 2.75) is 24.8 Å². The quantitative estimate of drug-likeness (QED) is 0.810. The van der Waals surface area contributed by atoms with E-state index in [0.29, 0.717) is 24.5 Å². The number of hydrogen-bond donors (Lipinski definition) is 0. The molecule has 1 saturated heterocycles. The Bertz CT molecular complexity index is 609. The summed E-state index contributed by atoms with van der Waals surface area (Å²) in [6, 6.07) is 7.09. The van der Waals surface area contributed by atoms with E-state index in [0.717, 1.165) is 18.8 Å². The van der Waals surface area contributed by atoms with Gasteiger partial charge in [0.2, 0.25) is 0 Å². The van der Waals surface area contributed by atoms with E-state index in [2.05, 4.69) is 47.1 Å². The van der Waals surface area contributed by atoms with Crippen LogP contribution < -0.4 is 4.90 Å². The van der Waals surface area contributed by atoms with Crippen molar-refractivity contribution in [3.8, 4) is 0 Å². The van der Waals surface area contributed by atoms with Crippen molar-refractivity contribution in [1.82, 2.24) is 10.2 Å². The predicted octanol–water partition coefficient (Wildman–Crippen LogP) is 2.82. The lowest BCUT2D eigenvalue weighted by atomic mass is 10.1. The van der Waals surface area contributed by atoms with Crippen molar-refractivity contribution >= 4 is 17.8 Å². The van der Waals surface area contributed by atoms with Crippen molar-refractivity contribution in [2.24, 2.45) is 0 Å². The fraction of sp³-hybridized carbons (Fsp3) is 0.467. The Morgan fingerprint density at radius 3 is 2.81 bits per heavy atom. The van der Waals surface area contributed by atoms with Gasteiger partial charge in [0.1, 0.15) is 0 Å². The van der Waals surface area contributed by atoms with E-state index in [1.807, 2.05) is 0 Å². The molecule has 1 aliphatic rings. The molecule has 112 valence electrons. The number of anilines is 1. The molecule has 1 aromatic carbocycles. The summed E-state index contributed by atoms with van der Waals surface area (Å²) in [6.07, 6.45) is 0. The normalized spacial score (nSPS) is 15.4. The number of benzene rings is 1. The lowest BCUT2D eigenvalue weighted by Gasteiger charge is -2.24. The molecule has 2 heterocycles. The van der Waals surface area contributed by atoms with Gasteiger partial charge < -0.3 is 14.1 Å². The lowest BCUT2D eigenvalue weighted by molar-refractivity contribution is 0.120. The van der Waals surface area contributed by atoms with Crippen LogP contribution in [0.3, 0.4) is 0 Å². The highest BCUT2D eigenvalue weighted by Gasteiger charge is 2.17. The van der Waals surface area contributed by atoms with Gasteiger partial charge in [-0.2, -0.15) is 0 Å². The number of ether oxygens (including phenoxy) is 1. The van der Waals surface area contributed by atoms with E-state index in [1.165, 1.54) is 16.7 Å². The molecule has 1 aromatic heterocycles. The van der Waals surface area contributed by atoms with Gasteiger partial charge in [-0.1, -0.05) is 45.7 Å². The molecular formula is C15H19N3O2S. The van der Waals surface area contributed by atoms with Crippen LogP contribution in [0.5, 0.6) is 0 Å². The SMILES string of the molecule is Cc1ccc(C)c(CSc2nnc(N3CCOCC3)o2)c1. The van der Waals surface area contributed by atoms with Crippen molar-refractivity contribution < 1.29 is 9.15 Å². The Balaban J connectivity index is 1.63. The van der Waals surface area contributed by atoms with E-state index < -0.39 is 0 Å². The van der Waals surface area contributed by atoms with Crippen LogP contribution in [0.15, 0.2) is 27.8 Å². The Labute approximate surface area is 128 Å². The van der Waals surface area contributed by atoms with E-state index in [4.69, 9.17) is 9.15 Å². The molecule has 0 spiro atoms. The summed E-state index contributed by atoms with van der Waals surface area (Å²) in [7, 11) is 0. The molecule has 0 unspecified atom stereocenters. The Morgan fingerprint density at radius 2 is 2.00 bits per heavy atom. The molecule has 6 heteroatoms. The standard InChI is InChI=1S/C15H19N3O2S/c1-11-3-4-12(2)13(9-11)10-21-15-17-16-14(20-15)18-5-7-19-8-6-18/h3-4,9H,5-8,10H2,1-2H3. The van der Waals surface area contributed by atoms with Gasteiger partial charge in [0, 0.05) is 18.8 Å². The molecular weight excluding hydrogens is 286 g/mol. The second-order valence-electron chi connectivity index (χ2n) is 5.17. The average molecular weight is 305 g/mol. The van der Waals surface area contributed by atoms with Gasteiger partial charge in [-0.25, -0.2) is 0 Å². The highest BCUT2D eigenvalue weighted by atomic mass is 32.2. The maximum atomic E-state index is 5.73. The number of rotatable bonds is 4. The number of morpholine rings is 1.